The molecule has 2 heterocycles. The van der Waals surface area contributed by atoms with Gasteiger partial charge in [-0.15, -0.1) is 0 Å². The van der Waals surface area contributed by atoms with Crippen molar-refractivity contribution >= 4 is 5.78 Å². The van der Waals surface area contributed by atoms with Crippen LogP contribution in [0.25, 0.3) is 0 Å². The van der Waals surface area contributed by atoms with Crippen LogP contribution in [0.3, 0.4) is 0 Å². The van der Waals surface area contributed by atoms with E-state index in [4.69, 9.17) is 0 Å². The van der Waals surface area contributed by atoms with Gasteiger partial charge in [0.25, 0.3) is 0 Å². The number of nitrogens with zero attached hydrogens (tertiary/aromatic N) is 2. The summed E-state index contributed by atoms with van der Waals surface area (Å²) in [5, 5.41) is 0. The van der Waals surface area contributed by atoms with Gasteiger partial charge in [0, 0.05) is 44.1 Å². The van der Waals surface area contributed by atoms with Crippen LogP contribution in [0.2, 0.25) is 0 Å². The van der Waals surface area contributed by atoms with Crippen LogP contribution in [0.15, 0.2) is 0 Å². The number of ketones is 1. The first-order valence-electron chi connectivity index (χ1n) is 8.25. The van der Waals surface area contributed by atoms with E-state index in [0.29, 0.717) is 17.7 Å². The van der Waals surface area contributed by atoms with Crippen molar-refractivity contribution in [1.29, 1.82) is 0 Å². The highest BCUT2D eigenvalue weighted by atomic mass is 16.1. The predicted octanol–water partition coefficient (Wildman–Crippen LogP) is 2.30. The number of rotatable bonds is 2. The van der Waals surface area contributed by atoms with Crippen LogP contribution in [0.4, 0.5) is 0 Å². The van der Waals surface area contributed by atoms with Crippen LogP contribution in [0.1, 0.15) is 51.9 Å². The van der Waals surface area contributed by atoms with E-state index in [2.05, 4.69) is 16.7 Å². The third kappa shape index (κ3) is 3.03. The second-order valence-electron chi connectivity index (χ2n) is 6.86. The summed E-state index contributed by atoms with van der Waals surface area (Å²) in [6.45, 7) is 7.09. The standard InChI is InChI=1S/C16H28N2O/c1-13-10-17-9-5-4-7-15(17)12-18(13)11-14-6-2-3-8-16(14)19/h13-15H,2-12H2,1H3. The average molecular weight is 264 g/mol. The van der Waals surface area contributed by atoms with Gasteiger partial charge in [-0.1, -0.05) is 12.8 Å². The summed E-state index contributed by atoms with van der Waals surface area (Å²) in [5.41, 5.74) is 0. The zero-order valence-corrected chi connectivity index (χ0v) is 12.3. The van der Waals surface area contributed by atoms with Crippen molar-refractivity contribution in [1.82, 2.24) is 9.80 Å². The number of carbonyl (C=O) groups is 1. The van der Waals surface area contributed by atoms with Gasteiger partial charge < -0.3 is 0 Å². The number of piperidine rings is 1. The Bertz CT molecular complexity index is 331. The minimum Gasteiger partial charge on any atom is -0.299 e. The first-order chi connectivity index (χ1) is 9.24. The van der Waals surface area contributed by atoms with Gasteiger partial charge in [0.05, 0.1) is 0 Å². The minimum absolute atomic E-state index is 0.339. The smallest absolute Gasteiger partial charge is 0.137 e. The molecule has 3 atom stereocenters. The molecule has 0 bridgehead atoms. The molecule has 3 rings (SSSR count). The Morgan fingerprint density at radius 3 is 2.79 bits per heavy atom. The largest absolute Gasteiger partial charge is 0.299 e. The van der Waals surface area contributed by atoms with Gasteiger partial charge in [0.15, 0.2) is 0 Å². The highest BCUT2D eigenvalue weighted by Crippen LogP contribution is 2.27. The molecular formula is C16H28N2O. The van der Waals surface area contributed by atoms with Gasteiger partial charge in [0.1, 0.15) is 5.78 Å². The molecule has 1 saturated carbocycles. The molecule has 0 spiro atoms. The maximum absolute atomic E-state index is 12.0. The number of fused-ring (bicyclic) bond motifs is 1. The summed E-state index contributed by atoms with van der Waals surface area (Å²) in [7, 11) is 0. The maximum Gasteiger partial charge on any atom is 0.137 e. The zero-order valence-electron chi connectivity index (χ0n) is 12.3. The van der Waals surface area contributed by atoms with Crippen LogP contribution >= 0.6 is 0 Å². The Morgan fingerprint density at radius 1 is 1.11 bits per heavy atom. The van der Waals surface area contributed by atoms with E-state index in [1.807, 2.05) is 0 Å². The molecule has 3 aliphatic rings. The molecule has 0 aromatic heterocycles. The molecule has 3 unspecified atom stereocenters. The second-order valence-corrected chi connectivity index (χ2v) is 6.86. The maximum atomic E-state index is 12.0. The van der Waals surface area contributed by atoms with Gasteiger partial charge in [-0.25, -0.2) is 0 Å². The van der Waals surface area contributed by atoms with E-state index < -0.39 is 0 Å². The van der Waals surface area contributed by atoms with Gasteiger partial charge >= 0.3 is 0 Å². The minimum atomic E-state index is 0.339. The molecule has 1 aliphatic carbocycles. The van der Waals surface area contributed by atoms with Crippen molar-refractivity contribution in [3.63, 3.8) is 0 Å². The van der Waals surface area contributed by atoms with E-state index in [9.17, 15) is 4.79 Å². The molecule has 0 aromatic carbocycles. The van der Waals surface area contributed by atoms with Crippen molar-refractivity contribution in [3.8, 4) is 0 Å². The van der Waals surface area contributed by atoms with Gasteiger partial charge in [-0.2, -0.15) is 0 Å². The molecule has 3 heteroatoms. The Balaban J connectivity index is 1.59. The summed E-state index contributed by atoms with van der Waals surface area (Å²) in [6, 6.07) is 1.40. The highest BCUT2D eigenvalue weighted by molar-refractivity contribution is 5.81. The Labute approximate surface area is 117 Å². The van der Waals surface area contributed by atoms with Gasteiger partial charge in [-0.05, 0) is 39.2 Å². The number of hydrogen-bond acceptors (Lipinski definition) is 3. The molecule has 0 amide bonds. The number of piperazine rings is 1. The van der Waals surface area contributed by atoms with Crippen LogP contribution in [-0.4, -0.2) is 53.8 Å². The second kappa shape index (κ2) is 5.92. The number of Topliss-reactive ketones (excluding diaryl/α,β-unsaturated/α-hetero) is 1. The van der Waals surface area contributed by atoms with E-state index >= 15 is 0 Å². The molecule has 2 aliphatic heterocycles. The van der Waals surface area contributed by atoms with Crippen LogP contribution in [0.5, 0.6) is 0 Å². The lowest BCUT2D eigenvalue weighted by molar-refractivity contribution is -0.126. The van der Waals surface area contributed by atoms with Crippen molar-refractivity contribution in [3.05, 3.63) is 0 Å². The molecule has 2 saturated heterocycles. The molecule has 3 fully saturated rings. The predicted molar refractivity (Wildman–Crippen MR) is 77.2 cm³/mol. The first-order valence-corrected chi connectivity index (χ1v) is 8.25. The lowest BCUT2D eigenvalue weighted by Gasteiger charge is -2.48. The third-order valence-electron chi connectivity index (χ3n) is 5.45. The van der Waals surface area contributed by atoms with Gasteiger partial charge in [0.2, 0.25) is 0 Å². The topological polar surface area (TPSA) is 23.6 Å². The molecule has 0 radical (unpaired) electrons. The summed E-state index contributed by atoms with van der Waals surface area (Å²) in [4.78, 5) is 17.3. The fourth-order valence-corrected chi connectivity index (χ4v) is 4.20. The average Bonchev–Trinajstić information content (AvgIpc) is 2.42. The molecule has 0 aromatic rings. The normalized spacial score (nSPS) is 38.2. The number of carbonyl (C=O) groups excluding carboxylic acids is 1. The lowest BCUT2D eigenvalue weighted by atomic mass is 9.86. The van der Waals surface area contributed by atoms with E-state index in [0.717, 1.165) is 31.8 Å². The van der Waals surface area contributed by atoms with Crippen molar-refractivity contribution in [2.75, 3.05) is 26.2 Å². The van der Waals surface area contributed by atoms with Crippen molar-refractivity contribution < 1.29 is 4.79 Å². The van der Waals surface area contributed by atoms with Crippen molar-refractivity contribution in [2.24, 2.45) is 5.92 Å². The van der Waals surface area contributed by atoms with Crippen LogP contribution in [-0.2, 0) is 4.79 Å². The monoisotopic (exact) mass is 264 g/mol. The quantitative estimate of drug-likeness (QED) is 0.764. The summed E-state index contributed by atoms with van der Waals surface area (Å²) in [6.07, 6.45) is 8.49. The Morgan fingerprint density at radius 2 is 1.95 bits per heavy atom. The summed E-state index contributed by atoms with van der Waals surface area (Å²) in [5.74, 6) is 0.871. The summed E-state index contributed by atoms with van der Waals surface area (Å²) < 4.78 is 0. The Hall–Kier alpha value is -0.410. The molecule has 19 heavy (non-hydrogen) atoms. The van der Waals surface area contributed by atoms with E-state index in [1.165, 1.54) is 45.3 Å². The SMILES string of the molecule is CC1CN2CCCCC2CN1CC1CCCCC1=O. The molecular weight excluding hydrogens is 236 g/mol. The van der Waals surface area contributed by atoms with Gasteiger partial charge in [-0.3, -0.25) is 14.6 Å². The molecule has 108 valence electrons. The fourth-order valence-electron chi connectivity index (χ4n) is 4.20. The lowest BCUT2D eigenvalue weighted by Crippen LogP contribution is -2.59. The van der Waals surface area contributed by atoms with Crippen LogP contribution < -0.4 is 0 Å². The molecule has 0 N–H and O–H groups in total. The third-order valence-corrected chi connectivity index (χ3v) is 5.45. The van der Waals surface area contributed by atoms with Crippen molar-refractivity contribution in [2.45, 2.75) is 64.0 Å². The highest BCUT2D eigenvalue weighted by Gasteiger charge is 2.35. The Kier molecular flexibility index (Phi) is 4.23. The first kappa shape index (κ1) is 13.6. The zero-order chi connectivity index (χ0) is 13.2. The van der Waals surface area contributed by atoms with E-state index in [-0.39, 0.29) is 0 Å². The van der Waals surface area contributed by atoms with Crippen LogP contribution in [0, 0.1) is 5.92 Å². The number of hydrogen-bond donors (Lipinski definition) is 0. The molecule has 3 nitrogen and oxygen atoms in total. The fraction of sp³-hybridized carbons (Fsp3) is 0.938. The van der Waals surface area contributed by atoms with E-state index in [1.54, 1.807) is 0 Å². The summed E-state index contributed by atoms with van der Waals surface area (Å²) >= 11 is 0.